The Bertz CT molecular complexity index is 474. The van der Waals surface area contributed by atoms with Gasteiger partial charge in [-0.15, -0.1) is 0 Å². The van der Waals surface area contributed by atoms with E-state index in [0.717, 1.165) is 30.3 Å². The Morgan fingerprint density at radius 3 is 2.78 bits per heavy atom. The number of nitriles is 1. The largest absolute Gasteiger partial charge is 0.496 e. The maximum atomic E-state index is 8.91. The molecule has 0 amide bonds. The fraction of sp³-hybridized carbons (Fsp3) is 0.533. The Labute approximate surface area is 109 Å². The summed E-state index contributed by atoms with van der Waals surface area (Å²) in [7, 11) is 1.66. The van der Waals surface area contributed by atoms with Gasteiger partial charge in [-0.1, -0.05) is 13.8 Å². The van der Waals surface area contributed by atoms with Crippen molar-refractivity contribution in [1.29, 1.82) is 5.26 Å². The van der Waals surface area contributed by atoms with E-state index in [1.54, 1.807) is 13.2 Å². The highest BCUT2D eigenvalue weighted by Gasteiger charge is 2.44. The zero-order chi connectivity index (χ0) is 13.2. The molecule has 1 fully saturated rings. The van der Waals surface area contributed by atoms with Crippen LogP contribution in [0.3, 0.4) is 0 Å². The van der Waals surface area contributed by atoms with Crippen LogP contribution in [-0.2, 0) is 6.54 Å². The number of ether oxygens (including phenoxy) is 1. The number of nitrogens with one attached hydrogen (secondary N) is 1. The van der Waals surface area contributed by atoms with E-state index in [-0.39, 0.29) is 0 Å². The van der Waals surface area contributed by atoms with Crippen LogP contribution >= 0.6 is 0 Å². The molecule has 0 aromatic heterocycles. The van der Waals surface area contributed by atoms with Gasteiger partial charge in [0.25, 0.3) is 0 Å². The molecule has 3 nitrogen and oxygen atoms in total. The van der Waals surface area contributed by atoms with Gasteiger partial charge < -0.3 is 10.1 Å². The molecule has 0 radical (unpaired) electrons. The molecular formula is C15H20N2O. The minimum absolute atomic E-state index is 0.506. The molecule has 1 aromatic rings. The zero-order valence-corrected chi connectivity index (χ0v) is 11.3. The zero-order valence-electron chi connectivity index (χ0n) is 11.3. The van der Waals surface area contributed by atoms with Crippen molar-refractivity contribution < 1.29 is 4.74 Å². The quantitative estimate of drug-likeness (QED) is 0.866. The molecule has 0 heterocycles. The molecule has 1 aromatic carbocycles. The van der Waals surface area contributed by atoms with Crippen molar-refractivity contribution in [2.75, 3.05) is 13.7 Å². The molecule has 1 N–H and O–H groups in total. The third kappa shape index (κ3) is 2.83. The van der Waals surface area contributed by atoms with Gasteiger partial charge in [-0.05, 0) is 42.5 Å². The molecular weight excluding hydrogens is 224 g/mol. The molecule has 2 rings (SSSR count). The maximum absolute atomic E-state index is 8.91. The van der Waals surface area contributed by atoms with E-state index in [0.29, 0.717) is 11.0 Å². The van der Waals surface area contributed by atoms with Crippen LogP contribution in [0.1, 0.15) is 31.4 Å². The van der Waals surface area contributed by atoms with E-state index >= 15 is 0 Å². The lowest BCUT2D eigenvalue weighted by Gasteiger charge is -2.10. The van der Waals surface area contributed by atoms with E-state index in [4.69, 9.17) is 10.00 Å². The van der Waals surface area contributed by atoms with Gasteiger partial charge in [-0.2, -0.15) is 5.26 Å². The summed E-state index contributed by atoms with van der Waals surface area (Å²) >= 11 is 0. The molecule has 1 aliphatic carbocycles. The van der Waals surface area contributed by atoms with Gasteiger partial charge in [0.15, 0.2) is 0 Å². The van der Waals surface area contributed by atoms with E-state index in [9.17, 15) is 0 Å². The number of benzene rings is 1. The molecule has 1 aliphatic rings. The molecule has 0 bridgehead atoms. The van der Waals surface area contributed by atoms with E-state index in [1.165, 1.54) is 6.42 Å². The Hall–Kier alpha value is -1.53. The average molecular weight is 244 g/mol. The lowest BCUT2D eigenvalue weighted by Crippen LogP contribution is -2.18. The minimum Gasteiger partial charge on any atom is -0.496 e. The fourth-order valence-electron chi connectivity index (χ4n) is 2.29. The Balaban J connectivity index is 1.93. The lowest BCUT2D eigenvalue weighted by atomic mass is 10.1. The van der Waals surface area contributed by atoms with E-state index in [2.05, 4.69) is 25.2 Å². The fourth-order valence-corrected chi connectivity index (χ4v) is 2.29. The van der Waals surface area contributed by atoms with E-state index in [1.807, 2.05) is 12.1 Å². The van der Waals surface area contributed by atoms with Gasteiger partial charge in [-0.25, -0.2) is 0 Å². The van der Waals surface area contributed by atoms with Gasteiger partial charge >= 0.3 is 0 Å². The molecule has 18 heavy (non-hydrogen) atoms. The normalized spacial score (nSPS) is 20.2. The van der Waals surface area contributed by atoms with E-state index < -0.39 is 0 Å². The molecule has 0 saturated heterocycles. The van der Waals surface area contributed by atoms with Crippen molar-refractivity contribution in [3.8, 4) is 11.8 Å². The first kappa shape index (κ1) is 12.9. The monoisotopic (exact) mass is 244 g/mol. The van der Waals surface area contributed by atoms with Crippen LogP contribution in [0.25, 0.3) is 0 Å². The summed E-state index contributed by atoms with van der Waals surface area (Å²) < 4.78 is 5.31. The number of nitrogens with zero attached hydrogens (tertiary/aromatic N) is 1. The highest BCUT2D eigenvalue weighted by Crippen LogP contribution is 2.51. The van der Waals surface area contributed by atoms with Crippen LogP contribution in [0.2, 0.25) is 0 Å². The highest BCUT2D eigenvalue weighted by atomic mass is 16.5. The lowest BCUT2D eigenvalue weighted by molar-refractivity contribution is 0.406. The molecule has 0 aliphatic heterocycles. The first-order valence-electron chi connectivity index (χ1n) is 6.34. The van der Waals surface area contributed by atoms with Crippen molar-refractivity contribution in [1.82, 2.24) is 5.32 Å². The van der Waals surface area contributed by atoms with Crippen molar-refractivity contribution >= 4 is 0 Å². The van der Waals surface area contributed by atoms with Gasteiger partial charge in [0.1, 0.15) is 5.75 Å². The van der Waals surface area contributed by atoms with Crippen LogP contribution < -0.4 is 10.1 Å². The molecule has 0 spiro atoms. The Kier molecular flexibility index (Phi) is 3.58. The summed E-state index contributed by atoms with van der Waals surface area (Å²) in [5.74, 6) is 1.62. The van der Waals surface area contributed by atoms with Crippen molar-refractivity contribution in [3.63, 3.8) is 0 Å². The van der Waals surface area contributed by atoms with Crippen molar-refractivity contribution in [2.45, 2.75) is 26.8 Å². The van der Waals surface area contributed by atoms with Gasteiger partial charge in [0.2, 0.25) is 0 Å². The molecule has 96 valence electrons. The summed E-state index contributed by atoms with van der Waals surface area (Å²) in [5.41, 5.74) is 2.24. The number of rotatable bonds is 5. The first-order chi connectivity index (χ1) is 8.56. The minimum atomic E-state index is 0.506. The van der Waals surface area contributed by atoms with Crippen LogP contribution in [0.15, 0.2) is 18.2 Å². The SMILES string of the molecule is COc1ccc(C#N)cc1CNCC1CC1(C)C. The number of hydrogen-bond donors (Lipinski definition) is 1. The Morgan fingerprint density at radius 2 is 2.22 bits per heavy atom. The molecule has 1 atom stereocenters. The predicted octanol–water partition coefficient (Wildman–Crippen LogP) is 2.70. The second-order valence-electron chi connectivity index (χ2n) is 5.66. The summed E-state index contributed by atoms with van der Waals surface area (Å²) in [5, 5.41) is 12.4. The molecule has 1 saturated carbocycles. The Morgan fingerprint density at radius 1 is 1.50 bits per heavy atom. The summed E-state index contributed by atoms with van der Waals surface area (Å²) in [6, 6.07) is 7.69. The predicted molar refractivity (Wildman–Crippen MR) is 71.3 cm³/mol. The van der Waals surface area contributed by atoms with Crippen LogP contribution in [0, 0.1) is 22.7 Å². The number of methoxy groups -OCH3 is 1. The first-order valence-corrected chi connectivity index (χ1v) is 6.34. The summed E-state index contributed by atoms with van der Waals surface area (Å²) in [6.07, 6.45) is 1.30. The third-order valence-electron chi connectivity index (χ3n) is 3.83. The maximum Gasteiger partial charge on any atom is 0.123 e. The van der Waals surface area contributed by atoms with Crippen molar-refractivity contribution in [2.24, 2.45) is 11.3 Å². The summed E-state index contributed by atoms with van der Waals surface area (Å²) in [4.78, 5) is 0. The van der Waals surface area contributed by atoms with Crippen LogP contribution in [0.5, 0.6) is 5.75 Å². The van der Waals surface area contributed by atoms with Gasteiger partial charge in [0, 0.05) is 12.1 Å². The third-order valence-corrected chi connectivity index (χ3v) is 3.83. The van der Waals surface area contributed by atoms with Crippen LogP contribution in [-0.4, -0.2) is 13.7 Å². The average Bonchev–Trinajstić information content (AvgIpc) is 2.97. The van der Waals surface area contributed by atoms with Crippen LogP contribution in [0.4, 0.5) is 0 Å². The highest BCUT2D eigenvalue weighted by molar-refractivity contribution is 5.41. The smallest absolute Gasteiger partial charge is 0.123 e. The number of hydrogen-bond acceptors (Lipinski definition) is 3. The van der Waals surface area contributed by atoms with Gasteiger partial charge in [-0.3, -0.25) is 0 Å². The van der Waals surface area contributed by atoms with Crippen molar-refractivity contribution in [3.05, 3.63) is 29.3 Å². The molecule has 3 heteroatoms. The second-order valence-corrected chi connectivity index (χ2v) is 5.66. The summed E-state index contributed by atoms with van der Waals surface area (Å²) in [6.45, 7) is 6.39. The topological polar surface area (TPSA) is 45.0 Å². The second kappa shape index (κ2) is 4.99. The van der Waals surface area contributed by atoms with Gasteiger partial charge in [0.05, 0.1) is 18.7 Å². The molecule has 1 unspecified atom stereocenters. The standard InChI is InChI=1S/C15H20N2O/c1-15(2)7-13(15)10-17-9-12-6-11(8-16)4-5-14(12)18-3/h4-6,13,17H,7,9-10H2,1-3H3.